The molecule has 2 aromatic rings. The summed E-state index contributed by atoms with van der Waals surface area (Å²) in [5.74, 6) is 1.11. The zero-order chi connectivity index (χ0) is 15.2. The molecule has 112 valence electrons. The number of nitrogens with one attached hydrogen (secondary N) is 1. The highest BCUT2D eigenvalue weighted by atomic mass is 16.3. The zero-order valence-corrected chi connectivity index (χ0v) is 12.8. The fourth-order valence-corrected chi connectivity index (χ4v) is 1.88. The molecule has 0 aliphatic carbocycles. The van der Waals surface area contributed by atoms with E-state index < -0.39 is 0 Å². The molecule has 1 heterocycles. The van der Waals surface area contributed by atoms with Crippen molar-refractivity contribution in [1.29, 1.82) is 0 Å². The normalized spacial score (nSPS) is 11.9. The summed E-state index contributed by atoms with van der Waals surface area (Å²) in [4.78, 5) is 8.73. The molecule has 0 unspecified atom stereocenters. The molecule has 2 rings (SSSR count). The predicted octanol–water partition coefficient (Wildman–Crippen LogP) is 2.51. The third-order valence-electron chi connectivity index (χ3n) is 2.94. The molecular formula is C16H22N4O. The fourth-order valence-electron chi connectivity index (χ4n) is 1.88. The molecule has 5 nitrogen and oxygen atoms in total. The lowest BCUT2D eigenvalue weighted by Crippen LogP contribution is -2.36. The third-order valence-corrected chi connectivity index (χ3v) is 2.94. The summed E-state index contributed by atoms with van der Waals surface area (Å²) in [6, 6.07) is 8.39. The first-order valence-corrected chi connectivity index (χ1v) is 7.12. The van der Waals surface area contributed by atoms with E-state index in [9.17, 15) is 0 Å². The molecule has 1 aromatic heterocycles. The van der Waals surface area contributed by atoms with Gasteiger partial charge in [0.25, 0.3) is 0 Å². The van der Waals surface area contributed by atoms with Crippen molar-refractivity contribution in [3.63, 3.8) is 0 Å². The van der Waals surface area contributed by atoms with Gasteiger partial charge in [-0.1, -0.05) is 17.7 Å². The molecule has 0 aliphatic heterocycles. The number of aryl methyl sites for hydroxylation is 1. The molecule has 3 N–H and O–H groups in total. The van der Waals surface area contributed by atoms with E-state index in [-0.39, 0.29) is 6.04 Å². The van der Waals surface area contributed by atoms with E-state index >= 15 is 0 Å². The van der Waals surface area contributed by atoms with E-state index in [0.717, 1.165) is 11.3 Å². The maximum absolute atomic E-state index is 5.74. The van der Waals surface area contributed by atoms with Crippen LogP contribution in [0.25, 0.3) is 11.5 Å². The Kier molecular flexibility index (Phi) is 4.98. The van der Waals surface area contributed by atoms with E-state index in [1.54, 1.807) is 6.26 Å². The van der Waals surface area contributed by atoms with Gasteiger partial charge in [-0.25, -0.2) is 4.98 Å². The Morgan fingerprint density at radius 1 is 1.33 bits per heavy atom. The summed E-state index contributed by atoms with van der Waals surface area (Å²) in [7, 11) is 0. The molecule has 0 saturated heterocycles. The number of rotatable bonds is 5. The molecular weight excluding hydrogens is 264 g/mol. The Morgan fingerprint density at radius 2 is 2.05 bits per heavy atom. The first kappa shape index (κ1) is 15.1. The van der Waals surface area contributed by atoms with Crippen molar-refractivity contribution in [3.05, 3.63) is 41.8 Å². The summed E-state index contributed by atoms with van der Waals surface area (Å²) < 4.78 is 5.51. The summed E-state index contributed by atoms with van der Waals surface area (Å²) in [5.41, 5.74) is 8.82. The Hall–Kier alpha value is -2.30. The Labute approximate surface area is 125 Å². The van der Waals surface area contributed by atoms with Gasteiger partial charge in [0.15, 0.2) is 5.96 Å². The van der Waals surface area contributed by atoms with Crippen LogP contribution < -0.4 is 11.1 Å². The van der Waals surface area contributed by atoms with Crippen molar-refractivity contribution in [2.24, 2.45) is 10.7 Å². The smallest absolute Gasteiger partial charge is 0.226 e. The highest BCUT2D eigenvalue weighted by Gasteiger charge is 2.06. The van der Waals surface area contributed by atoms with Gasteiger partial charge in [-0.2, -0.15) is 0 Å². The Morgan fingerprint density at radius 3 is 2.71 bits per heavy atom. The van der Waals surface area contributed by atoms with Crippen LogP contribution in [0.15, 0.2) is 39.9 Å². The second-order valence-corrected chi connectivity index (χ2v) is 5.33. The lowest BCUT2D eigenvalue weighted by molar-refractivity contribution is 0.572. The molecule has 0 amide bonds. The molecule has 5 heteroatoms. The number of benzene rings is 1. The van der Waals surface area contributed by atoms with Crippen molar-refractivity contribution in [1.82, 2.24) is 10.3 Å². The van der Waals surface area contributed by atoms with Crippen LogP contribution >= 0.6 is 0 Å². The van der Waals surface area contributed by atoms with Crippen molar-refractivity contribution in [3.8, 4) is 11.5 Å². The van der Waals surface area contributed by atoms with Gasteiger partial charge < -0.3 is 15.5 Å². The minimum Gasteiger partial charge on any atom is -0.444 e. The summed E-state index contributed by atoms with van der Waals surface area (Å²) in [6.07, 6.45) is 2.38. The van der Waals surface area contributed by atoms with Crippen molar-refractivity contribution in [2.45, 2.75) is 33.2 Å². The number of aliphatic imine (C=N–C) groups is 1. The molecule has 0 bridgehead atoms. The maximum atomic E-state index is 5.74. The molecule has 0 saturated carbocycles. The standard InChI is InChI=1S/C16H22N4O/c1-11(2)19-16(17)18-9-8-14-10-21-15(20-14)13-6-4-12(3)5-7-13/h4-7,10-11H,8-9H2,1-3H3,(H3,17,18,19). The van der Waals surface area contributed by atoms with Gasteiger partial charge in [0, 0.05) is 24.6 Å². The van der Waals surface area contributed by atoms with Gasteiger partial charge in [-0.05, 0) is 32.9 Å². The number of hydrogen-bond acceptors (Lipinski definition) is 3. The van der Waals surface area contributed by atoms with Crippen LogP contribution in [0.5, 0.6) is 0 Å². The van der Waals surface area contributed by atoms with Crippen LogP contribution in [0.2, 0.25) is 0 Å². The van der Waals surface area contributed by atoms with Gasteiger partial charge in [0.05, 0.1) is 5.69 Å². The number of aromatic nitrogens is 1. The number of oxazole rings is 1. The van der Waals surface area contributed by atoms with E-state index in [0.29, 0.717) is 24.8 Å². The topological polar surface area (TPSA) is 76.4 Å². The van der Waals surface area contributed by atoms with E-state index in [2.05, 4.69) is 22.2 Å². The van der Waals surface area contributed by atoms with Crippen LogP contribution in [0, 0.1) is 6.92 Å². The molecule has 21 heavy (non-hydrogen) atoms. The van der Waals surface area contributed by atoms with Gasteiger partial charge in [-0.3, -0.25) is 4.99 Å². The highest BCUT2D eigenvalue weighted by Crippen LogP contribution is 2.19. The van der Waals surface area contributed by atoms with Crippen molar-refractivity contribution < 1.29 is 4.42 Å². The minimum absolute atomic E-state index is 0.286. The molecule has 0 aliphatic rings. The van der Waals surface area contributed by atoms with Crippen molar-refractivity contribution in [2.75, 3.05) is 6.54 Å². The predicted molar refractivity (Wildman–Crippen MR) is 85.1 cm³/mol. The number of guanidine groups is 1. The fraction of sp³-hybridized carbons (Fsp3) is 0.375. The van der Waals surface area contributed by atoms with Gasteiger partial charge in [0.1, 0.15) is 6.26 Å². The number of nitrogens with zero attached hydrogens (tertiary/aromatic N) is 2. The molecule has 0 spiro atoms. The second kappa shape index (κ2) is 6.92. The summed E-state index contributed by atoms with van der Waals surface area (Å²) in [5, 5.41) is 3.05. The first-order valence-electron chi connectivity index (χ1n) is 7.12. The zero-order valence-electron chi connectivity index (χ0n) is 12.8. The Balaban J connectivity index is 1.93. The molecule has 1 aromatic carbocycles. The monoisotopic (exact) mass is 286 g/mol. The summed E-state index contributed by atoms with van der Waals surface area (Å²) >= 11 is 0. The van der Waals surface area contributed by atoms with Crippen LogP contribution in [0.3, 0.4) is 0 Å². The first-order chi connectivity index (χ1) is 10.0. The lowest BCUT2D eigenvalue weighted by atomic mass is 10.1. The Bertz CT molecular complexity index is 599. The lowest BCUT2D eigenvalue weighted by Gasteiger charge is -2.07. The van der Waals surface area contributed by atoms with Crippen LogP contribution in [0.1, 0.15) is 25.1 Å². The van der Waals surface area contributed by atoms with Crippen LogP contribution in [-0.2, 0) is 6.42 Å². The highest BCUT2D eigenvalue weighted by molar-refractivity contribution is 5.78. The van der Waals surface area contributed by atoms with Gasteiger partial charge in [0.2, 0.25) is 5.89 Å². The van der Waals surface area contributed by atoms with E-state index in [1.807, 2.05) is 38.1 Å². The minimum atomic E-state index is 0.286. The largest absolute Gasteiger partial charge is 0.444 e. The van der Waals surface area contributed by atoms with E-state index in [4.69, 9.17) is 10.2 Å². The third kappa shape index (κ3) is 4.63. The number of nitrogens with two attached hydrogens (primary N) is 1. The quantitative estimate of drug-likeness (QED) is 0.654. The SMILES string of the molecule is Cc1ccc(-c2nc(CCN=C(N)NC(C)C)co2)cc1. The van der Waals surface area contributed by atoms with Crippen molar-refractivity contribution >= 4 is 5.96 Å². The molecule has 0 radical (unpaired) electrons. The maximum Gasteiger partial charge on any atom is 0.226 e. The summed E-state index contributed by atoms with van der Waals surface area (Å²) in [6.45, 7) is 6.69. The average molecular weight is 286 g/mol. The van der Waals surface area contributed by atoms with E-state index in [1.165, 1.54) is 5.56 Å². The van der Waals surface area contributed by atoms with Crippen LogP contribution in [0.4, 0.5) is 0 Å². The number of hydrogen-bond donors (Lipinski definition) is 2. The molecule has 0 atom stereocenters. The second-order valence-electron chi connectivity index (χ2n) is 5.33. The van der Waals surface area contributed by atoms with Gasteiger partial charge in [-0.15, -0.1) is 0 Å². The molecule has 0 fully saturated rings. The van der Waals surface area contributed by atoms with Crippen LogP contribution in [-0.4, -0.2) is 23.5 Å². The van der Waals surface area contributed by atoms with Gasteiger partial charge >= 0.3 is 0 Å². The average Bonchev–Trinajstić information content (AvgIpc) is 2.87.